The number of hydrogen-bond acceptors (Lipinski definition) is 2. The summed E-state index contributed by atoms with van der Waals surface area (Å²) in [6, 6.07) is 6.42. The molecule has 1 aromatic carbocycles. The van der Waals surface area contributed by atoms with Gasteiger partial charge in [0.2, 0.25) is 0 Å². The van der Waals surface area contributed by atoms with Crippen molar-refractivity contribution in [3.63, 3.8) is 0 Å². The molecule has 1 aliphatic carbocycles. The van der Waals surface area contributed by atoms with Crippen molar-refractivity contribution in [3.8, 4) is 0 Å². The van der Waals surface area contributed by atoms with Crippen LogP contribution in [0.3, 0.4) is 0 Å². The zero-order valence-electron chi connectivity index (χ0n) is 7.66. The average Bonchev–Trinajstić information content (AvgIpc) is 2.16. The lowest BCUT2D eigenvalue weighted by molar-refractivity contribution is 0.280. The van der Waals surface area contributed by atoms with Crippen LogP contribution in [0.15, 0.2) is 18.2 Å². The molecule has 0 heterocycles. The van der Waals surface area contributed by atoms with Crippen molar-refractivity contribution in [1.82, 2.24) is 0 Å². The third-order valence-corrected chi connectivity index (χ3v) is 2.79. The van der Waals surface area contributed by atoms with Crippen LogP contribution in [-0.4, -0.2) is 11.1 Å². The van der Waals surface area contributed by atoms with Gasteiger partial charge in [0.1, 0.15) is 0 Å². The van der Waals surface area contributed by atoms with Crippen LogP contribution in [0.4, 0.5) is 0 Å². The minimum Gasteiger partial charge on any atom is -0.392 e. The maximum Gasteiger partial charge on any atom is 0.0684 e. The summed E-state index contributed by atoms with van der Waals surface area (Å²) in [6.07, 6.45) is 3.03. The molecular formula is C11H15NO. The van der Waals surface area contributed by atoms with Gasteiger partial charge in [-0.15, -0.1) is 0 Å². The van der Waals surface area contributed by atoms with Crippen molar-refractivity contribution in [3.05, 3.63) is 34.9 Å². The fraction of sp³-hybridized carbons (Fsp3) is 0.455. The predicted octanol–water partition coefficient (Wildman–Crippen LogP) is 0.995. The summed E-state index contributed by atoms with van der Waals surface area (Å²) in [6.45, 7) is 0.151. The van der Waals surface area contributed by atoms with Crippen LogP contribution >= 0.6 is 0 Å². The number of nitrogens with two attached hydrogens (primary N) is 1. The van der Waals surface area contributed by atoms with Gasteiger partial charge in [-0.25, -0.2) is 0 Å². The molecule has 2 rings (SSSR count). The third kappa shape index (κ3) is 1.60. The topological polar surface area (TPSA) is 46.2 Å². The van der Waals surface area contributed by atoms with E-state index < -0.39 is 0 Å². The van der Waals surface area contributed by atoms with Crippen LogP contribution < -0.4 is 5.73 Å². The molecule has 0 unspecified atom stereocenters. The molecule has 2 nitrogen and oxygen atoms in total. The molecule has 0 saturated carbocycles. The van der Waals surface area contributed by atoms with E-state index in [0.29, 0.717) is 6.04 Å². The van der Waals surface area contributed by atoms with Crippen LogP contribution in [-0.2, 0) is 19.4 Å². The first-order valence-corrected chi connectivity index (χ1v) is 4.77. The third-order valence-electron chi connectivity index (χ3n) is 2.79. The van der Waals surface area contributed by atoms with Crippen molar-refractivity contribution < 1.29 is 5.11 Å². The van der Waals surface area contributed by atoms with E-state index in [2.05, 4.69) is 6.07 Å². The Hall–Kier alpha value is -0.860. The van der Waals surface area contributed by atoms with E-state index in [9.17, 15) is 0 Å². The first-order valence-electron chi connectivity index (χ1n) is 4.77. The Bertz CT molecular complexity index is 309. The monoisotopic (exact) mass is 177 g/mol. The van der Waals surface area contributed by atoms with Gasteiger partial charge in [-0.2, -0.15) is 0 Å². The largest absolute Gasteiger partial charge is 0.392 e. The van der Waals surface area contributed by atoms with Gasteiger partial charge in [0, 0.05) is 6.04 Å². The minimum atomic E-state index is 0.151. The molecule has 0 spiro atoms. The molecule has 1 aromatic rings. The summed E-state index contributed by atoms with van der Waals surface area (Å²) in [5.41, 5.74) is 9.60. The maximum absolute atomic E-state index is 9.13. The van der Waals surface area contributed by atoms with Crippen molar-refractivity contribution in [2.24, 2.45) is 5.73 Å². The quantitative estimate of drug-likeness (QED) is 0.672. The summed E-state index contributed by atoms with van der Waals surface area (Å²) in [5, 5.41) is 9.13. The molecule has 70 valence electrons. The molecule has 1 aliphatic rings. The highest BCUT2D eigenvalue weighted by atomic mass is 16.3. The lowest BCUT2D eigenvalue weighted by Crippen LogP contribution is -2.28. The summed E-state index contributed by atoms with van der Waals surface area (Å²) in [4.78, 5) is 0. The SMILES string of the molecule is N[C@@H]1CCc2c(CO)cccc2C1. The lowest BCUT2D eigenvalue weighted by Gasteiger charge is -2.23. The van der Waals surface area contributed by atoms with Crippen molar-refractivity contribution >= 4 is 0 Å². The van der Waals surface area contributed by atoms with E-state index in [-0.39, 0.29) is 6.61 Å². The van der Waals surface area contributed by atoms with E-state index in [1.54, 1.807) is 0 Å². The zero-order valence-corrected chi connectivity index (χ0v) is 7.66. The molecule has 0 fully saturated rings. The normalized spacial score (nSPS) is 21.2. The number of hydrogen-bond donors (Lipinski definition) is 2. The fourth-order valence-electron chi connectivity index (χ4n) is 2.06. The van der Waals surface area contributed by atoms with E-state index in [1.807, 2.05) is 12.1 Å². The van der Waals surface area contributed by atoms with Gasteiger partial charge in [-0.05, 0) is 36.0 Å². The van der Waals surface area contributed by atoms with Gasteiger partial charge in [-0.3, -0.25) is 0 Å². The molecule has 0 aliphatic heterocycles. The molecule has 0 bridgehead atoms. The highest BCUT2D eigenvalue weighted by Gasteiger charge is 2.16. The highest BCUT2D eigenvalue weighted by Crippen LogP contribution is 2.23. The molecule has 0 amide bonds. The number of rotatable bonds is 1. The molecule has 0 radical (unpaired) electrons. The van der Waals surface area contributed by atoms with Gasteiger partial charge in [-0.1, -0.05) is 18.2 Å². The minimum absolute atomic E-state index is 0.151. The van der Waals surface area contributed by atoms with Crippen LogP contribution in [0.2, 0.25) is 0 Å². The Balaban J connectivity index is 2.39. The van der Waals surface area contributed by atoms with Gasteiger partial charge in [0.05, 0.1) is 6.61 Å². The van der Waals surface area contributed by atoms with Gasteiger partial charge < -0.3 is 10.8 Å². The van der Waals surface area contributed by atoms with Crippen LogP contribution in [0.5, 0.6) is 0 Å². The second-order valence-corrected chi connectivity index (χ2v) is 3.72. The fourth-order valence-corrected chi connectivity index (χ4v) is 2.06. The molecule has 3 N–H and O–H groups in total. The summed E-state index contributed by atoms with van der Waals surface area (Å²) >= 11 is 0. The van der Waals surface area contributed by atoms with E-state index in [0.717, 1.165) is 24.8 Å². The Kier molecular flexibility index (Phi) is 2.34. The summed E-state index contributed by atoms with van der Waals surface area (Å²) in [7, 11) is 0. The van der Waals surface area contributed by atoms with Crippen LogP contribution in [0.1, 0.15) is 23.1 Å². The lowest BCUT2D eigenvalue weighted by atomic mass is 9.86. The van der Waals surface area contributed by atoms with Crippen molar-refractivity contribution in [2.45, 2.75) is 31.9 Å². The number of fused-ring (bicyclic) bond motifs is 1. The smallest absolute Gasteiger partial charge is 0.0684 e. The van der Waals surface area contributed by atoms with Gasteiger partial charge in [0.15, 0.2) is 0 Å². The molecule has 0 aromatic heterocycles. The number of benzene rings is 1. The Morgan fingerprint density at radius 3 is 3.08 bits per heavy atom. The molecule has 1 atom stereocenters. The molecule has 0 saturated heterocycles. The number of aliphatic hydroxyl groups excluding tert-OH is 1. The standard InChI is InChI=1S/C11H15NO/c12-10-4-5-11-8(6-10)2-1-3-9(11)7-13/h1-3,10,13H,4-7,12H2/t10-/m1/s1. The molecule has 13 heavy (non-hydrogen) atoms. The van der Waals surface area contributed by atoms with E-state index in [1.165, 1.54) is 11.1 Å². The van der Waals surface area contributed by atoms with Crippen LogP contribution in [0.25, 0.3) is 0 Å². The van der Waals surface area contributed by atoms with Crippen LogP contribution in [0, 0.1) is 0 Å². The highest BCUT2D eigenvalue weighted by molar-refractivity contribution is 5.37. The second-order valence-electron chi connectivity index (χ2n) is 3.72. The first-order chi connectivity index (χ1) is 6.31. The van der Waals surface area contributed by atoms with Gasteiger partial charge >= 0.3 is 0 Å². The Morgan fingerprint density at radius 1 is 1.46 bits per heavy atom. The van der Waals surface area contributed by atoms with Gasteiger partial charge in [0.25, 0.3) is 0 Å². The number of aliphatic hydroxyl groups is 1. The van der Waals surface area contributed by atoms with E-state index >= 15 is 0 Å². The summed E-state index contributed by atoms with van der Waals surface area (Å²) < 4.78 is 0. The molecule has 2 heteroatoms. The Morgan fingerprint density at radius 2 is 2.31 bits per heavy atom. The first kappa shape index (κ1) is 8.73. The van der Waals surface area contributed by atoms with Crippen molar-refractivity contribution in [2.75, 3.05) is 0 Å². The molecular weight excluding hydrogens is 162 g/mol. The van der Waals surface area contributed by atoms with E-state index in [4.69, 9.17) is 10.8 Å². The zero-order chi connectivity index (χ0) is 9.26. The maximum atomic E-state index is 9.13. The Labute approximate surface area is 78.4 Å². The predicted molar refractivity (Wildman–Crippen MR) is 52.4 cm³/mol. The summed E-state index contributed by atoms with van der Waals surface area (Å²) in [5.74, 6) is 0. The second kappa shape index (κ2) is 3.48. The van der Waals surface area contributed by atoms with Crippen molar-refractivity contribution in [1.29, 1.82) is 0 Å². The average molecular weight is 177 g/mol.